The topological polar surface area (TPSA) is 74.8 Å². The summed E-state index contributed by atoms with van der Waals surface area (Å²) in [7, 11) is 0. The molecule has 0 aliphatic rings. The third-order valence-electron chi connectivity index (χ3n) is 4.45. The Morgan fingerprint density at radius 2 is 1.17 bits per heavy atom. The van der Waals surface area contributed by atoms with E-state index in [0.29, 0.717) is 24.3 Å². The molecule has 0 radical (unpaired) electrons. The lowest BCUT2D eigenvalue weighted by atomic mass is 10.2. The Hall–Kier alpha value is -3.93. The first kappa shape index (κ1) is 19.4. The van der Waals surface area contributed by atoms with Crippen LogP contribution in [0.4, 0.5) is 29.0 Å². The minimum absolute atomic E-state index is 0.484. The smallest absolute Gasteiger partial charge is 0.232 e. The van der Waals surface area contributed by atoms with Gasteiger partial charge in [0.05, 0.1) is 6.54 Å². The van der Waals surface area contributed by atoms with Crippen LogP contribution in [0.3, 0.4) is 0 Å². The molecule has 1 aromatic heterocycles. The molecule has 6 heteroatoms. The second-order valence-corrected chi connectivity index (χ2v) is 7.11. The van der Waals surface area contributed by atoms with Gasteiger partial charge in [-0.1, -0.05) is 42.5 Å². The molecule has 0 fully saturated rings. The van der Waals surface area contributed by atoms with Crippen LogP contribution in [0.1, 0.15) is 17.0 Å². The number of rotatable bonds is 7. The van der Waals surface area contributed by atoms with Crippen molar-refractivity contribution in [2.75, 3.05) is 16.0 Å². The van der Waals surface area contributed by atoms with E-state index in [1.165, 1.54) is 5.56 Å². The third kappa shape index (κ3) is 5.32. The van der Waals surface area contributed by atoms with Gasteiger partial charge in [0, 0.05) is 17.1 Å². The predicted octanol–water partition coefficient (Wildman–Crippen LogP) is 5.59. The highest BCUT2D eigenvalue weighted by atomic mass is 15.2. The molecule has 0 bridgehead atoms. The Labute approximate surface area is 176 Å². The maximum absolute atomic E-state index is 4.60. The maximum Gasteiger partial charge on any atom is 0.232 e. The highest BCUT2D eigenvalue weighted by Crippen LogP contribution is 2.18. The Balaban J connectivity index is 1.59. The monoisotopic (exact) mass is 396 g/mol. The summed E-state index contributed by atoms with van der Waals surface area (Å²) in [5.74, 6) is 1.63. The lowest BCUT2D eigenvalue weighted by Crippen LogP contribution is -2.10. The van der Waals surface area contributed by atoms with Crippen LogP contribution in [0, 0.1) is 13.8 Å². The van der Waals surface area contributed by atoms with Crippen LogP contribution in [0.5, 0.6) is 0 Å². The fraction of sp³-hybridized carbons (Fsp3) is 0.125. The Kier molecular flexibility index (Phi) is 5.85. The summed E-state index contributed by atoms with van der Waals surface area (Å²) >= 11 is 0. The van der Waals surface area contributed by atoms with E-state index in [1.54, 1.807) is 0 Å². The van der Waals surface area contributed by atoms with Crippen molar-refractivity contribution in [2.45, 2.75) is 20.4 Å². The van der Waals surface area contributed by atoms with E-state index in [2.05, 4.69) is 69.0 Å². The van der Waals surface area contributed by atoms with E-state index in [4.69, 9.17) is 0 Å². The van der Waals surface area contributed by atoms with E-state index in [1.807, 2.05) is 54.6 Å². The van der Waals surface area contributed by atoms with Gasteiger partial charge in [-0.15, -0.1) is 0 Å². The van der Waals surface area contributed by atoms with Gasteiger partial charge < -0.3 is 16.0 Å². The molecule has 0 aliphatic heterocycles. The molecule has 150 valence electrons. The lowest BCUT2D eigenvalue weighted by molar-refractivity contribution is 0.917. The maximum atomic E-state index is 4.60. The van der Waals surface area contributed by atoms with Crippen molar-refractivity contribution in [2.24, 2.45) is 0 Å². The summed E-state index contributed by atoms with van der Waals surface area (Å²) in [6.07, 6.45) is 0. The highest BCUT2D eigenvalue weighted by molar-refractivity contribution is 5.58. The second-order valence-electron chi connectivity index (χ2n) is 7.11. The zero-order valence-corrected chi connectivity index (χ0v) is 17.1. The van der Waals surface area contributed by atoms with Gasteiger partial charge in [-0.2, -0.15) is 15.0 Å². The Bertz CT molecular complexity index is 1130. The molecule has 1 heterocycles. The summed E-state index contributed by atoms with van der Waals surface area (Å²) in [5, 5.41) is 9.93. The van der Waals surface area contributed by atoms with Crippen molar-refractivity contribution in [1.29, 1.82) is 0 Å². The van der Waals surface area contributed by atoms with Gasteiger partial charge in [0.2, 0.25) is 11.9 Å². The number of aromatic nitrogens is 3. The Morgan fingerprint density at radius 3 is 1.83 bits per heavy atom. The molecule has 0 amide bonds. The van der Waals surface area contributed by atoms with E-state index in [-0.39, 0.29) is 0 Å². The molecule has 6 nitrogen and oxygen atoms in total. The first-order valence-electron chi connectivity index (χ1n) is 9.85. The van der Waals surface area contributed by atoms with Gasteiger partial charge in [-0.3, -0.25) is 0 Å². The summed E-state index contributed by atoms with van der Waals surface area (Å²) < 4.78 is 0. The molecule has 0 aliphatic carbocycles. The van der Waals surface area contributed by atoms with Crippen LogP contribution < -0.4 is 16.0 Å². The Morgan fingerprint density at radius 1 is 0.600 bits per heavy atom. The predicted molar refractivity (Wildman–Crippen MR) is 123 cm³/mol. The van der Waals surface area contributed by atoms with Crippen LogP contribution in [0.2, 0.25) is 0 Å². The number of para-hydroxylation sites is 1. The minimum atomic E-state index is 0.484. The number of nitrogens with one attached hydrogen (secondary N) is 3. The van der Waals surface area contributed by atoms with Gasteiger partial charge in [0.15, 0.2) is 5.82 Å². The first-order chi connectivity index (χ1) is 14.6. The first-order valence-corrected chi connectivity index (χ1v) is 9.85. The molecular weight excluding hydrogens is 372 g/mol. The summed E-state index contributed by atoms with van der Waals surface area (Å²) in [4.78, 5) is 13.7. The lowest BCUT2D eigenvalue weighted by Gasteiger charge is -2.12. The van der Waals surface area contributed by atoms with E-state index in [0.717, 1.165) is 22.6 Å². The number of benzene rings is 3. The number of aryl methyl sites for hydroxylation is 2. The van der Waals surface area contributed by atoms with Crippen molar-refractivity contribution in [3.8, 4) is 0 Å². The van der Waals surface area contributed by atoms with Gasteiger partial charge >= 0.3 is 0 Å². The van der Waals surface area contributed by atoms with E-state index < -0.39 is 0 Å². The molecule has 30 heavy (non-hydrogen) atoms. The molecule has 0 atom stereocenters. The molecule has 0 spiro atoms. The molecule has 0 unspecified atom stereocenters. The zero-order valence-electron chi connectivity index (χ0n) is 17.1. The molecule has 3 N–H and O–H groups in total. The molecular formula is C24H24N6. The summed E-state index contributed by atoms with van der Waals surface area (Å²) in [5.41, 5.74) is 5.25. The van der Waals surface area contributed by atoms with Crippen LogP contribution in [0.15, 0.2) is 78.9 Å². The van der Waals surface area contributed by atoms with Crippen molar-refractivity contribution in [3.63, 3.8) is 0 Å². The minimum Gasteiger partial charge on any atom is -0.378 e. The van der Waals surface area contributed by atoms with Crippen molar-refractivity contribution >= 4 is 29.0 Å². The summed E-state index contributed by atoms with van der Waals surface area (Å²) in [6, 6.07) is 26.2. The van der Waals surface area contributed by atoms with E-state index in [9.17, 15) is 0 Å². The average molecular weight is 396 g/mol. The fourth-order valence-corrected chi connectivity index (χ4v) is 3.05. The SMILES string of the molecule is Cc1cccc(NCc2nc(Nc3ccccc3)nc(Nc3cccc(C)c3)n2)c1. The third-order valence-corrected chi connectivity index (χ3v) is 4.45. The number of hydrogen-bond donors (Lipinski definition) is 3. The van der Waals surface area contributed by atoms with Gasteiger partial charge in [-0.25, -0.2) is 0 Å². The van der Waals surface area contributed by atoms with Gasteiger partial charge in [0.1, 0.15) is 0 Å². The molecule has 3 aromatic carbocycles. The summed E-state index contributed by atoms with van der Waals surface area (Å²) in [6.45, 7) is 4.61. The van der Waals surface area contributed by atoms with Crippen molar-refractivity contribution in [1.82, 2.24) is 15.0 Å². The van der Waals surface area contributed by atoms with Gasteiger partial charge in [0.25, 0.3) is 0 Å². The largest absolute Gasteiger partial charge is 0.378 e. The highest BCUT2D eigenvalue weighted by Gasteiger charge is 2.08. The van der Waals surface area contributed by atoms with Gasteiger partial charge in [-0.05, 0) is 61.4 Å². The number of anilines is 5. The molecule has 4 aromatic rings. The average Bonchev–Trinajstić information content (AvgIpc) is 2.73. The molecule has 4 rings (SSSR count). The molecule has 0 saturated heterocycles. The van der Waals surface area contributed by atoms with E-state index >= 15 is 0 Å². The molecule has 0 saturated carbocycles. The van der Waals surface area contributed by atoms with Crippen LogP contribution in [-0.2, 0) is 6.54 Å². The number of nitrogens with zero attached hydrogens (tertiary/aromatic N) is 3. The zero-order chi connectivity index (χ0) is 20.8. The standard InChI is InChI=1S/C24H24N6/c1-17-8-6-12-20(14-17)25-16-22-28-23(26-19-10-4-3-5-11-19)30-24(29-22)27-21-13-7-9-18(2)15-21/h3-15,25H,16H2,1-2H3,(H2,26,27,28,29,30). The van der Waals surface area contributed by atoms with Crippen molar-refractivity contribution < 1.29 is 0 Å². The fourth-order valence-electron chi connectivity index (χ4n) is 3.05. The van der Waals surface area contributed by atoms with Crippen molar-refractivity contribution in [3.05, 3.63) is 95.8 Å². The van der Waals surface area contributed by atoms with Crippen LogP contribution in [-0.4, -0.2) is 15.0 Å². The normalized spacial score (nSPS) is 10.5. The second kappa shape index (κ2) is 9.05. The van der Waals surface area contributed by atoms with Crippen LogP contribution >= 0.6 is 0 Å². The quantitative estimate of drug-likeness (QED) is 0.378. The number of hydrogen-bond acceptors (Lipinski definition) is 6. The van der Waals surface area contributed by atoms with Crippen LogP contribution in [0.25, 0.3) is 0 Å².